The number of hydrogen-bond donors (Lipinski definition) is 2. The number of aliphatic carboxylic acids is 1. The summed E-state index contributed by atoms with van der Waals surface area (Å²) in [7, 11) is 1.27. The largest absolute Gasteiger partial charge is 0.504 e. The molecular formula is C11H10BrFO4. The molecule has 0 heterocycles. The molecule has 0 unspecified atom stereocenters. The number of carboxylic acid groups (broad SMARTS) is 1. The van der Waals surface area contributed by atoms with Gasteiger partial charge < -0.3 is 14.9 Å². The van der Waals surface area contributed by atoms with E-state index in [0.29, 0.717) is 12.8 Å². The number of phenols is 1. The third-order valence-corrected chi connectivity index (χ3v) is 3.57. The highest BCUT2D eigenvalue weighted by Crippen LogP contribution is 2.55. The molecule has 1 aliphatic carbocycles. The first-order valence-corrected chi connectivity index (χ1v) is 5.72. The topological polar surface area (TPSA) is 66.8 Å². The smallest absolute Gasteiger partial charge is 0.314 e. The van der Waals surface area contributed by atoms with E-state index in [4.69, 9.17) is 9.84 Å². The summed E-state index contributed by atoms with van der Waals surface area (Å²) in [5.74, 6) is -2.18. The Bertz CT molecular complexity index is 497. The Morgan fingerprint density at radius 1 is 1.59 bits per heavy atom. The predicted octanol–water partition coefficient (Wildman–Crippen LogP) is 2.42. The molecule has 2 N–H and O–H groups in total. The third-order valence-electron chi connectivity index (χ3n) is 2.99. The fourth-order valence-corrected chi connectivity index (χ4v) is 2.34. The molecule has 0 aliphatic heterocycles. The molecule has 0 atom stereocenters. The minimum atomic E-state index is -1.27. The van der Waals surface area contributed by atoms with E-state index in [1.807, 2.05) is 0 Å². The van der Waals surface area contributed by atoms with Gasteiger partial charge in [0.05, 0.1) is 22.6 Å². The van der Waals surface area contributed by atoms with E-state index in [9.17, 15) is 14.3 Å². The van der Waals surface area contributed by atoms with Gasteiger partial charge in [0.1, 0.15) is 5.82 Å². The molecule has 0 amide bonds. The Balaban J connectivity index is 2.71. The second kappa shape index (κ2) is 3.87. The van der Waals surface area contributed by atoms with Crippen LogP contribution in [0.1, 0.15) is 18.4 Å². The monoisotopic (exact) mass is 304 g/mol. The summed E-state index contributed by atoms with van der Waals surface area (Å²) in [6.45, 7) is 0. The summed E-state index contributed by atoms with van der Waals surface area (Å²) in [4.78, 5) is 11.2. The van der Waals surface area contributed by atoms with Crippen LogP contribution in [0.4, 0.5) is 4.39 Å². The maximum Gasteiger partial charge on any atom is 0.314 e. The molecule has 0 spiro atoms. The molecule has 4 nitrogen and oxygen atoms in total. The minimum absolute atomic E-state index is 0.0262. The molecule has 0 aromatic heterocycles. The van der Waals surface area contributed by atoms with Crippen LogP contribution in [0.3, 0.4) is 0 Å². The van der Waals surface area contributed by atoms with E-state index in [2.05, 4.69) is 15.9 Å². The van der Waals surface area contributed by atoms with Crippen LogP contribution in [0, 0.1) is 5.82 Å². The maximum absolute atomic E-state index is 14.0. The second-order valence-electron chi connectivity index (χ2n) is 3.99. The van der Waals surface area contributed by atoms with Crippen molar-refractivity contribution in [1.82, 2.24) is 0 Å². The SMILES string of the molecule is COc1c(O)cc(Br)c(F)c1C1(C(=O)O)CC1. The zero-order chi connectivity index (χ0) is 12.8. The maximum atomic E-state index is 14.0. The van der Waals surface area contributed by atoms with Gasteiger partial charge in [0.2, 0.25) is 0 Å². The first-order valence-electron chi connectivity index (χ1n) is 4.93. The van der Waals surface area contributed by atoms with Crippen LogP contribution in [0.15, 0.2) is 10.5 Å². The number of benzene rings is 1. The van der Waals surface area contributed by atoms with Gasteiger partial charge in [-0.3, -0.25) is 4.79 Å². The molecule has 92 valence electrons. The fraction of sp³-hybridized carbons (Fsp3) is 0.364. The zero-order valence-electron chi connectivity index (χ0n) is 8.96. The number of rotatable bonds is 3. The van der Waals surface area contributed by atoms with Crippen molar-refractivity contribution < 1.29 is 24.1 Å². The molecule has 0 bridgehead atoms. The standard InChI is InChI=1S/C11H10BrFO4/c1-17-9-6(14)4-5(12)8(13)7(9)11(2-3-11)10(15)16/h4,14H,2-3H2,1H3,(H,15,16). The Morgan fingerprint density at radius 2 is 2.18 bits per heavy atom. The molecule has 1 aliphatic rings. The lowest BCUT2D eigenvalue weighted by Gasteiger charge is -2.17. The highest BCUT2D eigenvalue weighted by Gasteiger charge is 2.55. The van der Waals surface area contributed by atoms with Crippen molar-refractivity contribution in [2.24, 2.45) is 0 Å². The van der Waals surface area contributed by atoms with E-state index in [1.165, 1.54) is 7.11 Å². The number of carbonyl (C=O) groups is 1. The number of hydrogen-bond acceptors (Lipinski definition) is 3. The number of carboxylic acids is 1. The molecule has 0 saturated heterocycles. The Labute approximate surface area is 105 Å². The van der Waals surface area contributed by atoms with Crippen molar-refractivity contribution >= 4 is 21.9 Å². The number of halogens is 2. The minimum Gasteiger partial charge on any atom is -0.504 e. The zero-order valence-corrected chi connectivity index (χ0v) is 10.5. The third kappa shape index (κ3) is 1.67. The molecule has 1 aromatic rings. The lowest BCUT2D eigenvalue weighted by atomic mass is 9.94. The van der Waals surface area contributed by atoms with Crippen molar-refractivity contribution in [3.05, 3.63) is 21.9 Å². The highest BCUT2D eigenvalue weighted by molar-refractivity contribution is 9.10. The lowest BCUT2D eigenvalue weighted by Crippen LogP contribution is -2.22. The summed E-state index contributed by atoms with van der Waals surface area (Å²) in [6.07, 6.45) is 0.678. The summed E-state index contributed by atoms with van der Waals surface area (Å²) < 4.78 is 19.0. The average Bonchev–Trinajstić information content (AvgIpc) is 3.04. The van der Waals surface area contributed by atoms with Crippen LogP contribution in [-0.2, 0) is 10.2 Å². The molecule has 17 heavy (non-hydrogen) atoms. The van der Waals surface area contributed by atoms with E-state index >= 15 is 0 Å². The molecule has 2 rings (SSSR count). The van der Waals surface area contributed by atoms with Crippen molar-refractivity contribution in [2.75, 3.05) is 7.11 Å². The molecule has 1 fully saturated rings. The van der Waals surface area contributed by atoms with Gasteiger partial charge in [-0.1, -0.05) is 0 Å². The number of ether oxygens (including phenoxy) is 1. The predicted molar refractivity (Wildman–Crippen MR) is 60.9 cm³/mol. The van der Waals surface area contributed by atoms with Crippen LogP contribution in [0.5, 0.6) is 11.5 Å². The highest BCUT2D eigenvalue weighted by atomic mass is 79.9. The molecular weight excluding hydrogens is 295 g/mol. The van der Waals surface area contributed by atoms with Crippen LogP contribution in [-0.4, -0.2) is 23.3 Å². The van der Waals surface area contributed by atoms with Crippen LogP contribution < -0.4 is 4.74 Å². The van der Waals surface area contributed by atoms with E-state index < -0.39 is 17.2 Å². The van der Waals surface area contributed by atoms with Gasteiger partial charge >= 0.3 is 5.97 Å². The van der Waals surface area contributed by atoms with Crippen LogP contribution >= 0.6 is 15.9 Å². The van der Waals surface area contributed by atoms with Crippen molar-refractivity contribution in [1.29, 1.82) is 0 Å². The van der Waals surface area contributed by atoms with Gasteiger partial charge in [-0.2, -0.15) is 0 Å². The van der Waals surface area contributed by atoms with E-state index in [0.717, 1.165) is 6.07 Å². The second-order valence-corrected chi connectivity index (χ2v) is 4.84. The number of phenolic OH excluding ortho intramolecular Hbond substituents is 1. The Morgan fingerprint density at radius 3 is 2.59 bits per heavy atom. The molecule has 1 saturated carbocycles. The van der Waals surface area contributed by atoms with Crippen LogP contribution in [0.25, 0.3) is 0 Å². The molecule has 6 heteroatoms. The Kier molecular flexibility index (Phi) is 2.77. The summed E-state index contributed by atoms with van der Waals surface area (Å²) in [6, 6.07) is 1.15. The number of methoxy groups -OCH3 is 1. The summed E-state index contributed by atoms with van der Waals surface area (Å²) in [5, 5.41) is 18.8. The average molecular weight is 305 g/mol. The van der Waals surface area contributed by atoms with Gasteiger partial charge in [0, 0.05) is 6.07 Å². The first kappa shape index (κ1) is 12.2. The fourth-order valence-electron chi connectivity index (χ4n) is 1.93. The van der Waals surface area contributed by atoms with Crippen molar-refractivity contribution in [2.45, 2.75) is 18.3 Å². The Hall–Kier alpha value is -1.30. The van der Waals surface area contributed by atoms with E-state index in [1.54, 1.807) is 0 Å². The van der Waals surface area contributed by atoms with Gasteiger partial charge in [-0.25, -0.2) is 4.39 Å². The van der Waals surface area contributed by atoms with Gasteiger partial charge in [-0.05, 0) is 28.8 Å². The quantitative estimate of drug-likeness (QED) is 0.900. The molecule has 1 aromatic carbocycles. The first-order chi connectivity index (χ1) is 7.94. The lowest BCUT2D eigenvalue weighted by molar-refractivity contribution is -0.140. The summed E-state index contributed by atoms with van der Waals surface area (Å²) in [5.41, 5.74) is -1.35. The normalized spacial score (nSPS) is 16.6. The van der Waals surface area contributed by atoms with Gasteiger partial charge in [0.15, 0.2) is 11.5 Å². The van der Waals surface area contributed by atoms with Crippen molar-refractivity contribution in [3.8, 4) is 11.5 Å². The number of aromatic hydroxyl groups is 1. The van der Waals surface area contributed by atoms with Crippen molar-refractivity contribution in [3.63, 3.8) is 0 Å². The molecule has 0 radical (unpaired) electrons. The van der Waals surface area contributed by atoms with Gasteiger partial charge in [-0.15, -0.1) is 0 Å². The van der Waals surface area contributed by atoms with Gasteiger partial charge in [0.25, 0.3) is 0 Å². The van der Waals surface area contributed by atoms with E-state index in [-0.39, 0.29) is 21.5 Å². The van der Waals surface area contributed by atoms with Crippen LogP contribution in [0.2, 0.25) is 0 Å². The summed E-state index contributed by atoms with van der Waals surface area (Å²) >= 11 is 2.95.